The van der Waals surface area contributed by atoms with E-state index in [9.17, 15) is 29.1 Å². The first-order valence-electron chi connectivity index (χ1n) is 9.56. The van der Waals surface area contributed by atoms with Gasteiger partial charge in [-0.2, -0.15) is 0 Å². The summed E-state index contributed by atoms with van der Waals surface area (Å²) in [6, 6.07) is 5.74. The van der Waals surface area contributed by atoms with Crippen LogP contribution in [0.1, 0.15) is 49.4 Å². The predicted molar refractivity (Wildman–Crippen MR) is 113 cm³/mol. The van der Waals surface area contributed by atoms with Crippen molar-refractivity contribution in [2.45, 2.75) is 51.2 Å². The van der Waals surface area contributed by atoms with E-state index in [0.29, 0.717) is 24.9 Å². The first-order valence-corrected chi connectivity index (χ1v) is 10.4. The summed E-state index contributed by atoms with van der Waals surface area (Å²) in [4.78, 5) is 57.4. The van der Waals surface area contributed by atoms with Crippen LogP contribution in [0.4, 0.5) is 4.79 Å². The molecule has 0 aliphatic carbocycles. The van der Waals surface area contributed by atoms with Gasteiger partial charge in [-0.25, -0.2) is 9.59 Å². The van der Waals surface area contributed by atoms with Crippen molar-refractivity contribution in [2.75, 3.05) is 6.54 Å². The zero-order chi connectivity index (χ0) is 23.4. The van der Waals surface area contributed by atoms with Gasteiger partial charge in [0.2, 0.25) is 6.10 Å². The van der Waals surface area contributed by atoms with Crippen LogP contribution in [0.25, 0.3) is 0 Å². The molecule has 31 heavy (non-hydrogen) atoms. The number of carboxylic acid groups (broad SMARTS) is 2. The van der Waals surface area contributed by atoms with E-state index < -0.39 is 36.0 Å². The average molecular weight is 498 g/mol. The lowest BCUT2D eigenvalue weighted by atomic mass is 10.1. The van der Waals surface area contributed by atoms with Crippen LogP contribution < -0.4 is 10.6 Å². The molecule has 11 heteroatoms. The molecule has 1 aromatic carbocycles. The highest BCUT2D eigenvalue weighted by atomic mass is 76.9. The first kappa shape index (κ1) is 26.1. The van der Waals surface area contributed by atoms with E-state index in [-0.39, 0.29) is 25.2 Å². The number of Topliss-reactive ketones (excluding diaryl/α,β-unsaturated/α-hetero) is 1. The molecule has 0 heterocycles. The number of rotatable bonds is 13. The summed E-state index contributed by atoms with van der Waals surface area (Å²) in [6.07, 6.45) is -2.17. The smallest absolute Gasteiger partial charge is 0.408 e. The standard InChI is InChI=1S/C20H25BrN2O8/c1-12(24)15(9-10-17(25)26)23-20(30)31-16(19(28)29)4-2-3-11-22-18(27)13-5-7-14(21)8-6-13/h5-8,15-16H,2-4,9-11H2,1H3,(H,22,27)(H,23,30)(H,25,26)(H,28,29)/t15-,16-/m0/s1/i21-3. The number of carbonyl (C=O) groups excluding carboxylic acids is 3. The number of hydrogen-bond acceptors (Lipinski definition) is 6. The molecular weight excluding hydrogens is 473 g/mol. The Kier molecular flexibility index (Phi) is 11.3. The van der Waals surface area contributed by atoms with E-state index in [1.165, 1.54) is 6.92 Å². The van der Waals surface area contributed by atoms with Crippen LogP contribution in [0.2, 0.25) is 0 Å². The van der Waals surface area contributed by atoms with Crippen LogP contribution >= 0.6 is 15.9 Å². The molecule has 0 saturated carbocycles. The maximum Gasteiger partial charge on any atom is 0.408 e. The van der Waals surface area contributed by atoms with Crippen molar-refractivity contribution in [2.24, 2.45) is 0 Å². The lowest BCUT2D eigenvalue weighted by Crippen LogP contribution is -2.42. The van der Waals surface area contributed by atoms with Crippen molar-refractivity contribution in [3.8, 4) is 0 Å². The summed E-state index contributed by atoms with van der Waals surface area (Å²) >= 11 is 3.28. The van der Waals surface area contributed by atoms with E-state index in [0.717, 1.165) is 4.47 Å². The van der Waals surface area contributed by atoms with E-state index in [1.54, 1.807) is 24.3 Å². The number of alkyl carbamates (subject to hydrolysis) is 1. The molecule has 0 bridgehead atoms. The van der Waals surface area contributed by atoms with E-state index in [4.69, 9.17) is 9.84 Å². The third kappa shape index (κ3) is 10.6. The number of hydrogen-bond donors (Lipinski definition) is 4. The fourth-order valence-corrected chi connectivity index (χ4v) is 2.81. The van der Waals surface area contributed by atoms with Gasteiger partial charge in [0.25, 0.3) is 5.91 Å². The van der Waals surface area contributed by atoms with Crippen LogP contribution in [0.5, 0.6) is 0 Å². The summed E-state index contributed by atoms with van der Waals surface area (Å²) < 4.78 is 5.72. The van der Waals surface area contributed by atoms with Crippen LogP contribution in [0, 0.1) is 0 Å². The number of nitrogens with one attached hydrogen (secondary N) is 2. The quantitative estimate of drug-likeness (QED) is 0.302. The van der Waals surface area contributed by atoms with Gasteiger partial charge in [-0.1, -0.05) is 15.9 Å². The first-order chi connectivity index (χ1) is 14.6. The van der Waals surface area contributed by atoms with Gasteiger partial charge < -0.3 is 25.6 Å². The van der Waals surface area contributed by atoms with E-state index >= 15 is 0 Å². The second-order valence-corrected chi connectivity index (χ2v) is 7.65. The lowest BCUT2D eigenvalue weighted by molar-refractivity contribution is -0.147. The number of ketones is 1. The van der Waals surface area contributed by atoms with Gasteiger partial charge in [-0.15, -0.1) is 0 Å². The van der Waals surface area contributed by atoms with Gasteiger partial charge in [0.05, 0.1) is 6.04 Å². The molecule has 1 aromatic rings. The molecule has 0 saturated heterocycles. The van der Waals surface area contributed by atoms with Gasteiger partial charge in [-0.3, -0.25) is 14.4 Å². The van der Waals surface area contributed by atoms with Crippen molar-refractivity contribution < 1.29 is 38.9 Å². The third-order valence-corrected chi connectivity index (χ3v) is 4.77. The Morgan fingerprint density at radius 3 is 2.23 bits per heavy atom. The second kappa shape index (κ2) is 13.4. The van der Waals surface area contributed by atoms with Gasteiger partial charge in [-0.05, 0) is 56.9 Å². The molecule has 0 radical (unpaired) electrons. The molecular formula is C20H25BrN2O8. The number of carbonyl (C=O) groups is 5. The summed E-state index contributed by atoms with van der Waals surface area (Å²) in [5.41, 5.74) is 0.495. The van der Waals surface area contributed by atoms with Crippen LogP contribution in [-0.4, -0.2) is 58.6 Å². The zero-order valence-electron chi connectivity index (χ0n) is 16.9. The molecule has 0 aromatic heterocycles. The molecule has 2 amide bonds. The Hall–Kier alpha value is -2.95. The maximum atomic E-state index is 12.0. The maximum absolute atomic E-state index is 12.0. The highest BCUT2D eigenvalue weighted by molar-refractivity contribution is 9.10. The van der Waals surface area contributed by atoms with Crippen LogP contribution in [-0.2, 0) is 19.1 Å². The van der Waals surface area contributed by atoms with Crippen LogP contribution in [0.15, 0.2) is 28.7 Å². The summed E-state index contributed by atoms with van der Waals surface area (Å²) in [5, 5.41) is 22.8. The molecule has 0 aliphatic rings. The fraction of sp³-hybridized carbons (Fsp3) is 0.450. The molecule has 1 rings (SSSR count). The highest BCUT2D eigenvalue weighted by Crippen LogP contribution is 2.11. The van der Waals surface area contributed by atoms with E-state index in [2.05, 4.69) is 26.6 Å². The van der Waals surface area contributed by atoms with Crippen molar-refractivity contribution in [3.63, 3.8) is 0 Å². The summed E-state index contributed by atoms with van der Waals surface area (Å²) in [6.45, 7) is 1.50. The fourth-order valence-electron chi connectivity index (χ4n) is 2.54. The topological polar surface area (TPSA) is 159 Å². The predicted octanol–water partition coefficient (Wildman–Crippen LogP) is 2.35. The number of benzene rings is 1. The normalized spacial score (nSPS) is 12.3. The Morgan fingerprint density at radius 2 is 1.68 bits per heavy atom. The van der Waals surface area contributed by atoms with Crippen molar-refractivity contribution in [3.05, 3.63) is 34.3 Å². The largest absolute Gasteiger partial charge is 0.481 e. The Bertz CT molecular complexity index is 797. The SMILES string of the molecule is CC(=O)[C@H](CCC(=O)O)NC(=O)O[C@@H](CCCCNC(=O)c1ccc([77Br])cc1)C(=O)O. The minimum atomic E-state index is -1.44. The Balaban J connectivity index is 2.41. The number of aliphatic carboxylic acids is 2. The molecule has 10 nitrogen and oxygen atoms in total. The third-order valence-electron chi connectivity index (χ3n) is 4.24. The lowest BCUT2D eigenvalue weighted by Gasteiger charge is -2.18. The monoisotopic (exact) mass is 498 g/mol. The Morgan fingerprint density at radius 1 is 1.03 bits per heavy atom. The van der Waals surface area contributed by atoms with Crippen molar-refractivity contribution in [1.29, 1.82) is 0 Å². The molecule has 0 spiro atoms. The number of unbranched alkanes of at least 4 members (excludes halogenated alkanes) is 1. The highest BCUT2D eigenvalue weighted by Gasteiger charge is 2.25. The van der Waals surface area contributed by atoms with Gasteiger partial charge in [0.15, 0.2) is 5.78 Å². The minimum absolute atomic E-state index is 0.0107. The van der Waals surface area contributed by atoms with Gasteiger partial charge in [0.1, 0.15) is 0 Å². The summed E-state index contributed by atoms with van der Waals surface area (Å²) in [7, 11) is 0. The van der Waals surface area contributed by atoms with Crippen LogP contribution in [0.3, 0.4) is 0 Å². The average Bonchev–Trinajstić information content (AvgIpc) is 2.69. The van der Waals surface area contributed by atoms with Crippen molar-refractivity contribution >= 4 is 45.7 Å². The summed E-state index contributed by atoms with van der Waals surface area (Å²) in [5.74, 6) is -3.20. The zero-order valence-corrected chi connectivity index (χ0v) is 18.5. The van der Waals surface area contributed by atoms with Crippen molar-refractivity contribution in [1.82, 2.24) is 10.6 Å². The number of amides is 2. The molecule has 0 unspecified atom stereocenters. The number of ether oxygens (including phenoxy) is 1. The second-order valence-electron chi connectivity index (χ2n) is 6.73. The van der Waals surface area contributed by atoms with Gasteiger partial charge >= 0.3 is 18.0 Å². The van der Waals surface area contributed by atoms with E-state index in [1.807, 2.05) is 0 Å². The number of halogens is 1. The molecule has 0 aliphatic heterocycles. The Labute approximate surface area is 187 Å². The molecule has 0 fully saturated rings. The van der Waals surface area contributed by atoms with Gasteiger partial charge in [0, 0.05) is 23.0 Å². The number of carboxylic acids is 2. The molecule has 2 atom stereocenters. The molecule has 4 N–H and O–H groups in total. The molecule has 170 valence electrons. The minimum Gasteiger partial charge on any atom is -0.481 e.